The fourth-order valence-corrected chi connectivity index (χ4v) is 2.58. The zero-order chi connectivity index (χ0) is 13.3. The van der Waals surface area contributed by atoms with Crippen LogP contribution >= 0.6 is 0 Å². The Bertz CT molecular complexity index is 448. The maximum Gasteiger partial charge on any atom is 0.255 e. The summed E-state index contributed by atoms with van der Waals surface area (Å²) in [6.45, 7) is 9.57. The number of hydrogen-bond acceptors (Lipinski definition) is 3. The molecule has 0 spiro atoms. The van der Waals surface area contributed by atoms with Gasteiger partial charge in [0, 0.05) is 30.9 Å². The molecule has 0 bridgehead atoms. The van der Waals surface area contributed by atoms with Crippen LogP contribution in [0, 0.1) is 13.8 Å². The fourth-order valence-electron chi connectivity index (χ4n) is 2.58. The number of pyridine rings is 1. The summed E-state index contributed by atoms with van der Waals surface area (Å²) in [6.07, 6.45) is 0. The number of nitrogens with zero attached hydrogens (tertiary/aromatic N) is 2. The van der Waals surface area contributed by atoms with E-state index in [1.54, 1.807) is 0 Å². The average Bonchev–Trinajstić information content (AvgIpc) is 2.26. The van der Waals surface area contributed by atoms with Crippen molar-refractivity contribution in [2.75, 3.05) is 13.1 Å². The van der Waals surface area contributed by atoms with Gasteiger partial charge in [-0.1, -0.05) is 0 Å². The Labute approximate surface area is 108 Å². The standard InChI is InChI=1S/C14H21N3O/c1-9-5-6-13(12(4)16-9)14(18)17-7-10(2)15-11(3)8-17/h5-6,10-11,15H,7-8H2,1-4H3/t10-,11+. The number of amides is 1. The van der Waals surface area contributed by atoms with Crippen molar-refractivity contribution in [3.63, 3.8) is 0 Å². The van der Waals surface area contributed by atoms with Crippen molar-refractivity contribution >= 4 is 5.91 Å². The maximum absolute atomic E-state index is 12.5. The van der Waals surface area contributed by atoms with Gasteiger partial charge in [-0.15, -0.1) is 0 Å². The van der Waals surface area contributed by atoms with Gasteiger partial charge in [-0.05, 0) is 39.8 Å². The predicted molar refractivity (Wildman–Crippen MR) is 71.7 cm³/mol. The molecule has 1 aromatic heterocycles. The van der Waals surface area contributed by atoms with Crippen molar-refractivity contribution < 1.29 is 4.79 Å². The summed E-state index contributed by atoms with van der Waals surface area (Å²) in [7, 11) is 0. The first kappa shape index (κ1) is 13.0. The third kappa shape index (κ3) is 2.70. The number of aryl methyl sites for hydroxylation is 2. The lowest BCUT2D eigenvalue weighted by atomic mass is 10.1. The third-order valence-electron chi connectivity index (χ3n) is 3.30. The van der Waals surface area contributed by atoms with Crippen molar-refractivity contribution in [1.29, 1.82) is 0 Å². The van der Waals surface area contributed by atoms with Crippen molar-refractivity contribution in [3.8, 4) is 0 Å². The van der Waals surface area contributed by atoms with E-state index in [9.17, 15) is 4.79 Å². The Morgan fingerprint density at radius 2 is 1.89 bits per heavy atom. The molecule has 1 saturated heterocycles. The second kappa shape index (κ2) is 5.06. The second-order valence-corrected chi connectivity index (χ2v) is 5.26. The average molecular weight is 247 g/mol. The van der Waals surface area contributed by atoms with Gasteiger partial charge in [0.2, 0.25) is 0 Å². The zero-order valence-electron chi connectivity index (χ0n) is 11.5. The lowest BCUT2D eigenvalue weighted by molar-refractivity contribution is 0.0672. The van der Waals surface area contributed by atoms with Crippen LogP contribution in [0.5, 0.6) is 0 Å². The van der Waals surface area contributed by atoms with Gasteiger partial charge in [0.15, 0.2) is 0 Å². The monoisotopic (exact) mass is 247 g/mol. The van der Waals surface area contributed by atoms with E-state index in [-0.39, 0.29) is 5.91 Å². The van der Waals surface area contributed by atoms with Gasteiger partial charge in [0.1, 0.15) is 0 Å². The van der Waals surface area contributed by atoms with Crippen LogP contribution in [-0.2, 0) is 0 Å². The van der Waals surface area contributed by atoms with Crippen LogP contribution in [0.4, 0.5) is 0 Å². The molecular weight excluding hydrogens is 226 g/mol. The van der Waals surface area contributed by atoms with Crippen molar-refractivity contribution in [2.45, 2.75) is 39.8 Å². The van der Waals surface area contributed by atoms with Gasteiger partial charge in [-0.2, -0.15) is 0 Å². The van der Waals surface area contributed by atoms with E-state index in [1.807, 2.05) is 30.9 Å². The van der Waals surface area contributed by atoms with Gasteiger partial charge in [0.05, 0.1) is 11.3 Å². The lowest BCUT2D eigenvalue weighted by Crippen LogP contribution is -2.55. The summed E-state index contributed by atoms with van der Waals surface area (Å²) in [4.78, 5) is 18.8. The molecule has 98 valence electrons. The minimum atomic E-state index is 0.0974. The molecular formula is C14H21N3O. The Balaban J connectivity index is 2.20. The van der Waals surface area contributed by atoms with E-state index >= 15 is 0 Å². The molecule has 0 saturated carbocycles. The molecule has 0 unspecified atom stereocenters. The molecule has 0 radical (unpaired) electrons. The molecule has 0 aromatic carbocycles. The predicted octanol–water partition coefficient (Wildman–Crippen LogP) is 1.52. The molecule has 1 amide bonds. The van der Waals surface area contributed by atoms with E-state index in [2.05, 4.69) is 24.1 Å². The van der Waals surface area contributed by atoms with Crippen LogP contribution in [0.2, 0.25) is 0 Å². The van der Waals surface area contributed by atoms with Gasteiger partial charge in [-0.25, -0.2) is 0 Å². The van der Waals surface area contributed by atoms with E-state index < -0.39 is 0 Å². The molecule has 1 N–H and O–H groups in total. The number of carbonyl (C=O) groups excluding carboxylic acids is 1. The maximum atomic E-state index is 12.5. The quantitative estimate of drug-likeness (QED) is 0.818. The van der Waals surface area contributed by atoms with Gasteiger partial charge in [-0.3, -0.25) is 9.78 Å². The molecule has 1 aliphatic heterocycles. The first-order valence-corrected chi connectivity index (χ1v) is 6.47. The third-order valence-corrected chi connectivity index (χ3v) is 3.30. The number of piperazine rings is 1. The topological polar surface area (TPSA) is 45.2 Å². The molecule has 2 heterocycles. The summed E-state index contributed by atoms with van der Waals surface area (Å²) >= 11 is 0. The molecule has 1 aliphatic rings. The van der Waals surface area contributed by atoms with Crippen LogP contribution in [0.15, 0.2) is 12.1 Å². The minimum Gasteiger partial charge on any atom is -0.335 e. The molecule has 4 heteroatoms. The Kier molecular flexibility index (Phi) is 3.66. The minimum absolute atomic E-state index is 0.0974. The molecule has 2 rings (SSSR count). The van der Waals surface area contributed by atoms with Crippen molar-refractivity contribution in [1.82, 2.24) is 15.2 Å². The van der Waals surface area contributed by atoms with E-state index in [0.29, 0.717) is 12.1 Å². The highest BCUT2D eigenvalue weighted by Crippen LogP contribution is 2.13. The SMILES string of the molecule is Cc1ccc(C(=O)N2C[C@@H](C)N[C@@H](C)C2)c(C)n1. The summed E-state index contributed by atoms with van der Waals surface area (Å²) in [5, 5.41) is 3.43. The Morgan fingerprint density at radius 3 is 2.44 bits per heavy atom. The Morgan fingerprint density at radius 1 is 1.28 bits per heavy atom. The number of nitrogens with one attached hydrogen (secondary N) is 1. The summed E-state index contributed by atoms with van der Waals surface area (Å²) < 4.78 is 0. The van der Waals surface area contributed by atoms with Gasteiger partial charge < -0.3 is 10.2 Å². The summed E-state index contributed by atoms with van der Waals surface area (Å²) in [5.41, 5.74) is 2.49. The van der Waals surface area contributed by atoms with Gasteiger partial charge >= 0.3 is 0 Å². The molecule has 1 fully saturated rings. The van der Waals surface area contributed by atoms with Crippen molar-refractivity contribution in [3.05, 3.63) is 29.1 Å². The van der Waals surface area contributed by atoms with E-state index in [1.165, 1.54) is 0 Å². The van der Waals surface area contributed by atoms with Crippen molar-refractivity contribution in [2.24, 2.45) is 0 Å². The summed E-state index contributed by atoms with van der Waals surface area (Å²) in [6, 6.07) is 4.47. The number of rotatable bonds is 1. The first-order valence-electron chi connectivity index (χ1n) is 6.47. The highest BCUT2D eigenvalue weighted by atomic mass is 16.2. The fraction of sp³-hybridized carbons (Fsp3) is 0.571. The molecule has 0 aliphatic carbocycles. The molecule has 18 heavy (non-hydrogen) atoms. The summed E-state index contributed by atoms with van der Waals surface area (Å²) in [5.74, 6) is 0.0974. The smallest absolute Gasteiger partial charge is 0.255 e. The van der Waals surface area contributed by atoms with Crippen LogP contribution in [0.3, 0.4) is 0 Å². The molecule has 4 nitrogen and oxygen atoms in total. The molecule has 2 atom stereocenters. The number of hydrogen-bond donors (Lipinski definition) is 1. The highest BCUT2D eigenvalue weighted by Gasteiger charge is 2.26. The number of carbonyl (C=O) groups is 1. The highest BCUT2D eigenvalue weighted by molar-refractivity contribution is 5.95. The van der Waals surface area contributed by atoms with Crippen LogP contribution in [-0.4, -0.2) is 41.0 Å². The van der Waals surface area contributed by atoms with Crippen LogP contribution in [0.25, 0.3) is 0 Å². The number of aromatic nitrogens is 1. The normalized spacial score (nSPS) is 24.1. The van der Waals surface area contributed by atoms with Crippen LogP contribution in [0.1, 0.15) is 35.6 Å². The Hall–Kier alpha value is -1.42. The first-order chi connectivity index (χ1) is 8.47. The zero-order valence-corrected chi connectivity index (χ0v) is 11.5. The largest absolute Gasteiger partial charge is 0.335 e. The lowest BCUT2D eigenvalue weighted by Gasteiger charge is -2.36. The van der Waals surface area contributed by atoms with Gasteiger partial charge in [0.25, 0.3) is 5.91 Å². The van der Waals surface area contributed by atoms with E-state index in [4.69, 9.17) is 0 Å². The van der Waals surface area contributed by atoms with E-state index in [0.717, 1.165) is 30.0 Å². The van der Waals surface area contributed by atoms with Crippen LogP contribution < -0.4 is 5.32 Å². The molecule has 1 aromatic rings. The second-order valence-electron chi connectivity index (χ2n) is 5.26.